The van der Waals surface area contributed by atoms with Gasteiger partial charge in [0, 0.05) is 18.0 Å². The van der Waals surface area contributed by atoms with Gasteiger partial charge >= 0.3 is 0 Å². The van der Waals surface area contributed by atoms with Crippen LogP contribution in [0.25, 0.3) is 10.1 Å². The Morgan fingerprint density at radius 2 is 2.19 bits per heavy atom. The van der Waals surface area contributed by atoms with Crippen molar-refractivity contribution in [1.29, 1.82) is 0 Å². The number of carboxylic acid groups (broad SMARTS) is 1. The second-order valence-corrected chi connectivity index (χ2v) is 7.25. The van der Waals surface area contributed by atoms with Crippen molar-refractivity contribution in [2.75, 3.05) is 26.2 Å². The highest BCUT2D eigenvalue weighted by Crippen LogP contribution is 2.29. The number of ether oxygens (including phenoxy) is 1. The molecule has 1 aromatic heterocycles. The van der Waals surface area contributed by atoms with E-state index in [1.165, 1.54) is 37.5 Å². The predicted molar refractivity (Wildman–Crippen MR) is 99.9 cm³/mol. The van der Waals surface area contributed by atoms with Crippen LogP contribution in [0.15, 0.2) is 18.2 Å². The highest BCUT2D eigenvalue weighted by atomic mass is 32.1. The standard InChI is InChI=1S/C17H21N3O2S.CH2O2/c1-2-22-12-3-4-13-15(9-12)23-19-16(13)17(21)18-14-10-20-7-5-11(14)6-8-20;2-1-3/h3-4,9,11,14H,2,5-8,10H2,1H3,(H,18,21);1H,(H,2,3)/t14-;/m1./s1. The number of carbonyl (C=O) groups excluding carboxylic acids is 1. The van der Waals surface area contributed by atoms with E-state index in [4.69, 9.17) is 14.6 Å². The molecule has 1 amide bonds. The average molecular weight is 377 g/mol. The number of fused-ring (bicyclic) bond motifs is 4. The second kappa shape index (κ2) is 8.46. The van der Waals surface area contributed by atoms with Crippen molar-refractivity contribution in [3.8, 4) is 5.75 Å². The molecular formula is C18H23N3O4S. The van der Waals surface area contributed by atoms with Crippen LogP contribution in [0.3, 0.4) is 0 Å². The lowest BCUT2D eigenvalue weighted by Crippen LogP contribution is -2.57. The maximum atomic E-state index is 12.7. The predicted octanol–water partition coefficient (Wildman–Crippen LogP) is 2.22. The van der Waals surface area contributed by atoms with Gasteiger partial charge in [-0.15, -0.1) is 0 Å². The molecule has 5 rings (SSSR count). The number of benzene rings is 1. The lowest BCUT2D eigenvalue weighted by molar-refractivity contribution is -0.122. The molecule has 1 aromatic carbocycles. The smallest absolute Gasteiger partial charge is 0.290 e. The third kappa shape index (κ3) is 3.96. The first kappa shape index (κ1) is 18.6. The Morgan fingerprint density at radius 3 is 2.81 bits per heavy atom. The summed E-state index contributed by atoms with van der Waals surface area (Å²) in [5.41, 5.74) is 0.546. The zero-order valence-electron chi connectivity index (χ0n) is 14.7. The van der Waals surface area contributed by atoms with E-state index in [1.807, 2.05) is 25.1 Å². The topological polar surface area (TPSA) is 91.8 Å². The average Bonchev–Trinajstić information content (AvgIpc) is 3.07. The summed E-state index contributed by atoms with van der Waals surface area (Å²) < 4.78 is 10.9. The molecular weight excluding hydrogens is 354 g/mol. The number of aromatic nitrogens is 1. The zero-order chi connectivity index (χ0) is 18.5. The van der Waals surface area contributed by atoms with E-state index in [0.29, 0.717) is 18.2 Å². The Labute approximate surface area is 156 Å². The normalized spacial score (nSPS) is 23.8. The third-order valence-corrected chi connectivity index (χ3v) is 5.75. The molecule has 0 radical (unpaired) electrons. The molecule has 3 aliphatic rings. The molecule has 8 heteroatoms. The van der Waals surface area contributed by atoms with Gasteiger partial charge in [0.1, 0.15) is 11.4 Å². The SMILES string of the molecule is CCOc1ccc2c(C(=O)N[C@@H]3CN4CCC3CC4)nsc2c1.O=CO. The number of nitrogens with one attached hydrogen (secondary N) is 1. The van der Waals surface area contributed by atoms with E-state index in [1.54, 1.807) is 0 Å². The van der Waals surface area contributed by atoms with Gasteiger partial charge in [0.25, 0.3) is 12.4 Å². The van der Waals surface area contributed by atoms with Crippen LogP contribution in [0.1, 0.15) is 30.3 Å². The fraction of sp³-hybridized carbons (Fsp3) is 0.500. The Hall–Kier alpha value is -2.19. The van der Waals surface area contributed by atoms with Crippen LogP contribution in [0, 0.1) is 5.92 Å². The molecule has 0 spiro atoms. The highest BCUT2D eigenvalue weighted by Gasteiger charge is 2.35. The van der Waals surface area contributed by atoms with Crippen molar-refractivity contribution in [3.63, 3.8) is 0 Å². The Balaban J connectivity index is 0.000000613. The minimum atomic E-state index is -0.250. The number of hydrogen-bond acceptors (Lipinski definition) is 6. The molecule has 0 unspecified atom stereocenters. The van der Waals surface area contributed by atoms with Crippen molar-refractivity contribution in [2.45, 2.75) is 25.8 Å². The summed E-state index contributed by atoms with van der Waals surface area (Å²) in [6.45, 7) is 5.68. The van der Waals surface area contributed by atoms with Crippen molar-refractivity contribution in [2.24, 2.45) is 5.92 Å². The molecule has 3 aliphatic heterocycles. The number of piperidine rings is 3. The fourth-order valence-corrected chi connectivity index (χ4v) is 4.51. The van der Waals surface area contributed by atoms with E-state index in [2.05, 4.69) is 14.6 Å². The fourth-order valence-electron chi connectivity index (χ4n) is 3.70. The number of hydrogen-bond donors (Lipinski definition) is 2. The molecule has 140 valence electrons. The summed E-state index contributed by atoms with van der Waals surface area (Å²) in [5.74, 6) is 1.41. The van der Waals surface area contributed by atoms with E-state index in [-0.39, 0.29) is 18.4 Å². The second-order valence-electron chi connectivity index (χ2n) is 6.45. The van der Waals surface area contributed by atoms with Crippen LogP contribution >= 0.6 is 11.5 Å². The van der Waals surface area contributed by atoms with E-state index in [9.17, 15) is 4.79 Å². The van der Waals surface area contributed by atoms with Crippen LogP contribution in [0.2, 0.25) is 0 Å². The minimum Gasteiger partial charge on any atom is -0.494 e. The quantitative estimate of drug-likeness (QED) is 0.794. The van der Waals surface area contributed by atoms with Crippen LogP contribution < -0.4 is 10.1 Å². The molecule has 3 fully saturated rings. The number of carbonyl (C=O) groups is 2. The molecule has 2 N–H and O–H groups in total. The largest absolute Gasteiger partial charge is 0.494 e. The Kier molecular flexibility index (Phi) is 6.05. The summed E-state index contributed by atoms with van der Waals surface area (Å²) in [5, 5.41) is 11.0. The van der Waals surface area contributed by atoms with Gasteiger partial charge in [0.2, 0.25) is 0 Å². The molecule has 2 bridgehead atoms. The van der Waals surface area contributed by atoms with Gasteiger partial charge in [-0.2, -0.15) is 4.37 Å². The minimum absolute atomic E-state index is 0.0424. The lowest BCUT2D eigenvalue weighted by atomic mass is 9.84. The zero-order valence-corrected chi connectivity index (χ0v) is 15.5. The molecule has 7 nitrogen and oxygen atoms in total. The van der Waals surface area contributed by atoms with Crippen LogP contribution in [-0.4, -0.2) is 59.0 Å². The van der Waals surface area contributed by atoms with Crippen molar-refractivity contribution < 1.29 is 19.4 Å². The molecule has 0 aliphatic carbocycles. The first-order valence-electron chi connectivity index (χ1n) is 8.79. The molecule has 2 aromatic rings. The van der Waals surface area contributed by atoms with Gasteiger partial charge in [-0.1, -0.05) is 0 Å². The number of nitrogens with zero attached hydrogens (tertiary/aromatic N) is 2. The van der Waals surface area contributed by atoms with E-state index in [0.717, 1.165) is 22.4 Å². The Morgan fingerprint density at radius 1 is 1.46 bits per heavy atom. The maximum absolute atomic E-state index is 12.7. The summed E-state index contributed by atoms with van der Waals surface area (Å²) in [4.78, 5) is 23.5. The van der Waals surface area contributed by atoms with Gasteiger partial charge in [0.15, 0.2) is 0 Å². The monoisotopic (exact) mass is 377 g/mol. The van der Waals surface area contributed by atoms with Crippen molar-refractivity contribution in [3.05, 3.63) is 23.9 Å². The highest BCUT2D eigenvalue weighted by molar-refractivity contribution is 7.13. The van der Waals surface area contributed by atoms with Crippen LogP contribution in [0.5, 0.6) is 5.75 Å². The van der Waals surface area contributed by atoms with Gasteiger partial charge in [0.05, 0.1) is 11.3 Å². The van der Waals surface area contributed by atoms with Gasteiger partial charge in [-0.05, 0) is 68.5 Å². The number of amides is 1. The van der Waals surface area contributed by atoms with Crippen molar-refractivity contribution in [1.82, 2.24) is 14.6 Å². The third-order valence-electron chi connectivity index (χ3n) is 4.94. The van der Waals surface area contributed by atoms with E-state index < -0.39 is 0 Å². The lowest BCUT2D eigenvalue weighted by Gasteiger charge is -2.44. The molecule has 0 saturated carbocycles. The first-order chi connectivity index (χ1) is 12.7. The summed E-state index contributed by atoms with van der Waals surface area (Å²) in [6, 6.07) is 6.08. The molecule has 1 atom stereocenters. The van der Waals surface area contributed by atoms with Gasteiger partial charge in [-0.25, -0.2) is 0 Å². The summed E-state index contributed by atoms with van der Waals surface area (Å²) in [6.07, 6.45) is 2.39. The summed E-state index contributed by atoms with van der Waals surface area (Å²) >= 11 is 1.36. The van der Waals surface area contributed by atoms with Crippen LogP contribution in [-0.2, 0) is 4.79 Å². The summed E-state index contributed by atoms with van der Waals surface area (Å²) in [7, 11) is 0. The van der Waals surface area contributed by atoms with Crippen molar-refractivity contribution >= 4 is 34.0 Å². The van der Waals surface area contributed by atoms with Gasteiger partial charge < -0.3 is 20.1 Å². The maximum Gasteiger partial charge on any atom is 0.290 e. The van der Waals surface area contributed by atoms with Gasteiger partial charge in [-0.3, -0.25) is 9.59 Å². The van der Waals surface area contributed by atoms with Crippen LogP contribution in [0.4, 0.5) is 0 Å². The Bertz CT molecular complexity index is 771. The molecule has 3 saturated heterocycles. The molecule has 4 heterocycles. The first-order valence-corrected chi connectivity index (χ1v) is 9.57. The molecule has 26 heavy (non-hydrogen) atoms. The number of rotatable bonds is 4. The van der Waals surface area contributed by atoms with E-state index >= 15 is 0 Å².